The van der Waals surface area contributed by atoms with Crippen molar-refractivity contribution in [3.05, 3.63) is 0 Å². The van der Waals surface area contributed by atoms with E-state index in [1.807, 2.05) is 0 Å². The van der Waals surface area contributed by atoms with Gasteiger partial charge in [-0.25, -0.2) is 4.79 Å². The minimum absolute atomic E-state index is 0.0398. The van der Waals surface area contributed by atoms with Gasteiger partial charge in [0, 0.05) is 19.4 Å². The van der Waals surface area contributed by atoms with Crippen LogP contribution in [0.25, 0.3) is 0 Å². The van der Waals surface area contributed by atoms with Crippen molar-refractivity contribution in [3.8, 4) is 0 Å². The smallest absolute Gasteiger partial charge is 0.407 e. The van der Waals surface area contributed by atoms with Gasteiger partial charge in [-0.15, -0.1) is 0 Å². The van der Waals surface area contributed by atoms with Crippen molar-refractivity contribution in [1.82, 2.24) is 5.32 Å². The number of carbonyl (C=O) groups is 4. The summed E-state index contributed by atoms with van der Waals surface area (Å²) in [4.78, 5) is 45.0. The van der Waals surface area contributed by atoms with E-state index in [-0.39, 0.29) is 18.6 Å². The maximum atomic E-state index is 11.7. The zero-order valence-electron chi connectivity index (χ0n) is 13.6. The molecule has 0 aliphatic heterocycles. The Kier molecular flexibility index (Phi) is 8.14. The van der Waals surface area contributed by atoms with Crippen molar-refractivity contribution >= 4 is 23.8 Å². The number of amides is 1. The zero-order valence-corrected chi connectivity index (χ0v) is 13.6. The summed E-state index contributed by atoms with van der Waals surface area (Å²) in [6.07, 6.45) is -1.01. The fraction of sp³-hybridized carbons (Fsp3) is 0.714. The van der Waals surface area contributed by atoms with Crippen LogP contribution in [0.4, 0.5) is 4.79 Å². The number of ether oxygens (including phenoxy) is 3. The second kappa shape index (κ2) is 9.01. The molecule has 1 amide bonds. The van der Waals surface area contributed by atoms with Gasteiger partial charge in [0.2, 0.25) is 6.79 Å². The molecule has 0 aromatic carbocycles. The van der Waals surface area contributed by atoms with Crippen LogP contribution in [0.15, 0.2) is 0 Å². The summed E-state index contributed by atoms with van der Waals surface area (Å²) in [7, 11) is 0. The van der Waals surface area contributed by atoms with Gasteiger partial charge in [0.05, 0.1) is 6.42 Å². The van der Waals surface area contributed by atoms with Gasteiger partial charge in [0.15, 0.2) is 0 Å². The molecule has 0 rings (SSSR count). The molecular weight excluding hydrogens is 294 g/mol. The number of hydrogen-bond acceptors (Lipinski definition) is 7. The van der Waals surface area contributed by atoms with Crippen molar-refractivity contribution < 1.29 is 33.4 Å². The lowest BCUT2D eigenvalue weighted by molar-refractivity contribution is -0.165. The molecule has 8 heteroatoms. The van der Waals surface area contributed by atoms with Crippen LogP contribution in [-0.4, -0.2) is 42.3 Å². The highest BCUT2D eigenvalue weighted by molar-refractivity contribution is 5.79. The van der Waals surface area contributed by atoms with Crippen LogP contribution < -0.4 is 5.32 Å². The number of Topliss-reactive ketones (excluding diaryl/α,β-unsaturated/α-hetero) is 1. The van der Waals surface area contributed by atoms with Crippen molar-refractivity contribution in [1.29, 1.82) is 0 Å². The fourth-order valence-corrected chi connectivity index (χ4v) is 1.43. The first-order valence-electron chi connectivity index (χ1n) is 6.77. The standard InChI is InChI=1S/C14H23NO7/c1-9(16)6-11(15-13(19)22-14(3,4)5)7-12(18)21-8-20-10(2)17/h11H,6-8H2,1-5H3,(H,15,19)/t11-/m0/s1. The molecule has 8 nitrogen and oxygen atoms in total. The van der Waals surface area contributed by atoms with Gasteiger partial charge in [-0.1, -0.05) is 0 Å². The molecule has 0 radical (unpaired) electrons. The SMILES string of the molecule is CC(=O)C[C@@H](CC(=O)OCOC(C)=O)NC(=O)OC(C)(C)C. The van der Waals surface area contributed by atoms with Crippen molar-refractivity contribution in [2.75, 3.05) is 6.79 Å². The van der Waals surface area contributed by atoms with Crippen molar-refractivity contribution in [2.24, 2.45) is 0 Å². The Hall–Kier alpha value is -2.12. The normalized spacial score (nSPS) is 12.0. The molecule has 0 aliphatic carbocycles. The number of rotatable bonds is 7. The maximum Gasteiger partial charge on any atom is 0.407 e. The quantitative estimate of drug-likeness (QED) is 0.557. The molecule has 0 heterocycles. The molecule has 0 spiro atoms. The van der Waals surface area contributed by atoms with E-state index in [0.29, 0.717) is 0 Å². The topological polar surface area (TPSA) is 108 Å². The average Bonchev–Trinajstić information content (AvgIpc) is 2.23. The van der Waals surface area contributed by atoms with E-state index in [1.54, 1.807) is 20.8 Å². The number of alkyl carbamates (subject to hydrolysis) is 1. The van der Waals surface area contributed by atoms with Crippen molar-refractivity contribution in [2.45, 2.75) is 59.1 Å². The monoisotopic (exact) mass is 317 g/mol. The Balaban J connectivity index is 4.45. The lowest BCUT2D eigenvalue weighted by Crippen LogP contribution is -2.41. The predicted octanol–water partition coefficient (Wildman–Crippen LogP) is 1.31. The van der Waals surface area contributed by atoms with E-state index in [4.69, 9.17) is 4.74 Å². The number of esters is 2. The van der Waals surface area contributed by atoms with Gasteiger partial charge in [-0.05, 0) is 27.7 Å². The lowest BCUT2D eigenvalue weighted by atomic mass is 10.1. The van der Waals surface area contributed by atoms with E-state index in [0.717, 1.165) is 0 Å². The Morgan fingerprint density at radius 3 is 2.05 bits per heavy atom. The number of hydrogen-bond donors (Lipinski definition) is 1. The van der Waals surface area contributed by atoms with Gasteiger partial charge in [0.25, 0.3) is 0 Å². The second-order valence-corrected chi connectivity index (χ2v) is 5.72. The highest BCUT2D eigenvalue weighted by atomic mass is 16.7. The molecule has 1 atom stereocenters. The summed E-state index contributed by atoms with van der Waals surface area (Å²) in [6.45, 7) is 7.09. The number of nitrogens with one attached hydrogen (secondary N) is 1. The minimum Gasteiger partial charge on any atom is -0.444 e. The lowest BCUT2D eigenvalue weighted by Gasteiger charge is -2.22. The van der Waals surface area contributed by atoms with Crippen LogP contribution in [0.1, 0.15) is 47.5 Å². The van der Waals surface area contributed by atoms with E-state index in [2.05, 4.69) is 14.8 Å². The highest BCUT2D eigenvalue weighted by Gasteiger charge is 2.23. The van der Waals surface area contributed by atoms with E-state index in [9.17, 15) is 19.2 Å². The van der Waals surface area contributed by atoms with Gasteiger partial charge < -0.3 is 19.5 Å². The Labute approximate surface area is 129 Å². The predicted molar refractivity (Wildman–Crippen MR) is 75.8 cm³/mol. The largest absolute Gasteiger partial charge is 0.444 e. The summed E-state index contributed by atoms with van der Waals surface area (Å²) >= 11 is 0. The van der Waals surface area contributed by atoms with E-state index >= 15 is 0 Å². The average molecular weight is 317 g/mol. The van der Waals surface area contributed by atoms with Gasteiger partial charge in [-0.3, -0.25) is 14.4 Å². The minimum atomic E-state index is -0.753. The maximum absolute atomic E-state index is 11.7. The van der Waals surface area contributed by atoms with Crippen LogP contribution in [0.2, 0.25) is 0 Å². The third-order valence-corrected chi connectivity index (χ3v) is 2.15. The summed E-state index contributed by atoms with van der Waals surface area (Å²) in [5.41, 5.74) is -0.694. The second-order valence-electron chi connectivity index (χ2n) is 5.72. The third-order valence-electron chi connectivity index (χ3n) is 2.15. The molecule has 0 saturated heterocycles. The van der Waals surface area contributed by atoms with Crippen LogP contribution in [-0.2, 0) is 28.6 Å². The summed E-state index contributed by atoms with van der Waals surface area (Å²) < 4.78 is 14.2. The Bertz CT molecular complexity index is 425. The first-order valence-corrected chi connectivity index (χ1v) is 6.77. The summed E-state index contributed by atoms with van der Waals surface area (Å²) in [5, 5.41) is 2.44. The Morgan fingerprint density at radius 1 is 1.00 bits per heavy atom. The van der Waals surface area contributed by atoms with Crippen LogP contribution in [0, 0.1) is 0 Å². The zero-order chi connectivity index (χ0) is 17.3. The van der Waals surface area contributed by atoms with Crippen molar-refractivity contribution in [3.63, 3.8) is 0 Å². The highest BCUT2D eigenvalue weighted by Crippen LogP contribution is 2.08. The van der Waals surface area contributed by atoms with Gasteiger partial charge >= 0.3 is 18.0 Å². The van der Waals surface area contributed by atoms with Crippen LogP contribution in [0.5, 0.6) is 0 Å². The number of ketones is 1. The molecule has 0 aliphatic rings. The Morgan fingerprint density at radius 2 is 1.59 bits per heavy atom. The molecule has 1 N–H and O–H groups in total. The van der Waals surface area contributed by atoms with E-state index in [1.165, 1.54) is 13.8 Å². The fourth-order valence-electron chi connectivity index (χ4n) is 1.43. The van der Waals surface area contributed by atoms with Gasteiger partial charge in [-0.2, -0.15) is 0 Å². The van der Waals surface area contributed by atoms with Gasteiger partial charge in [0.1, 0.15) is 11.4 Å². The van der Waals surface area contributed by atoms with Crippen LogP contribution in [0.3, 0.4) is 0 Å². The first kappa shape index (κ1) is 19.9. The molecule has 0 unspecified atom stereocenters. The van der Waals surface area contributed by atoms with Crippen LogP contribution >= 0.6 is 0 Å². The molecule has 0 saturated carbocycles. The summed E-state index contributed by atoms with van der Waals surface area (Å²) in [6, 6.07) is -0.753. The molecule has 126 valence electrons. The molecule has 0 fully saturated rings. The molecule has 0 bridgehead atoms. The molecule has 0 aromatic rings. The van der Waals surface area contributed by atoms with E-state index < -0.39 is 36.5 Å². The summed E-state index contributed by atoms with van der Waals surface area (Å²) in [5.74, 6) is -1.49. The third kappa shape index (κ3) is 11.7. The molecular formula is C14H23NO7. The number of carbonyl (C=O) groups excluding carboxylic acids is 4. The molecule has 0 aromatic heterocycles. The first-order chi connectivity index (χ1) is 9.99. The molecule has 22 heavy (non-hydrogen) atoms.